The van der Waals surface area contributed by atoms with Crippen LogP contribution in [0.25, 0.3) is 0 Å². The molecule has 0 amide bonds. The molecule has 2 nitrogen and oxygen atoms in total. The third-order valence-corrected chi connectivity index (χ3v) is 2.04. The van der Waals surface area contributed by atoms with Crippen LogP contribution < -0.4 is 0 Å². The van der Waals surface area contributed by atoms with E-state index in [1.54, 1.807) is 0 Å². The second kappa shape index (κ2) is 2.00. The molecule has 0 saturated heterocycles. The van der Waals surface area contributed by atoms with E-state index in [4.69, 9.17) is 10.4 Å². The minimum absolute atomic E-state index is 0.0698. The number of aliphatic hydroxyl groups excluding tert-OH is 1. The van der Waals surface area contributed by atoms with E-state index < -0.39 is 0 Å². The average molecular weight is 125 g/mol. The van der Waals surface area contributed by atoms with Crippen molar-refractivity contribution >= 4 is 0 Å². The van der Waals surface area contributed by atoms with E-state index in [-0.39, 0.29) is 17.9 Å². The smallest absolute Gasteiger partial charge is 0.0656 e. The highest BCUT2D eigenvalue weighted by atomic mass is 16.3. The fraction of sp³-hybridized carbons (Fsp3) is 0.857. The van der Waals surface area contributed by atoms with E-state index in [0.29, 0.717) is 0 Å². The number of hydrogen-bond acceptors (Lipinski definition) is 2. The zero-order valence-corrected chi connectivity index (χ0v) is 5.59. The molecule has 0 radical (unpaired) electrons. The van der Waals surface area contributed by atoms with E-state index in [9.17, 15) is 0 Å². The van der Waals surface area contributed by atoms with Crippen LogP contribution in [0.3, 0.4) is 0 Å². The van der Waals surface area contributed by atoms with Crippen LogP contribution in [0.2, 0.25) is 0 Å². The summed E-state index contributed by atoms with van der Waals surface area (Å²) in [6.07, 6.45) is 1.75. The summed E-state index contributed by atoms with van der Waals surface area (Å²) in [4.78, 5) is 0. The van der Waals surface area contributed by atoms with Crippen molar-refractivity contribution in [3.05, 3.63) is 0 Å². The molecule has 0 aromatic heterocycles. The molecule has 0 bridgehead atoms. The molecule has 0 atom stereocenters. The summed E-state index contributed by atoms with van der Waals surface area (Å²) < 4.78 is 0. The van der Waals surface area contributed by atoms with Crippen LogP contribution in [0, 0.1) is 22.7 Å². The Morgan fingerprint density at radius 3 is 2.67 bits per heavy atom. The molecular weight excluding hydrogens is 114 g/mol. The number of nitrogens with zero attached hydrogens (tertiary/aromatic N) is 1. The quantitative estimate of drug-likeness (QED) is 0.566. The van der Waals surface area contributed by atoms with Crippen molar-refractivity contribution in [3.8, 4) is 6.07 Å². The lowest BCUT2D eigenvalue weighted by Gasteiger charge is -2.40. The topological polar surface area (TPSA) is 44.0 Å². The maximum Gasteiger partial charge on any atom is 0.0656 e. The first-order chi connectivity index (χ1) is 4.20. The van der Waals surface area contributed by atoms with Crippen LogP contribution in [0.1, 0.15) is 19.8 Å². The molecule has 1 fully saturated rings. The first kappa shape index (κ1) is 6.57. The van der Waals surface area contributed by atoms with Gasteiger partial charge in [-0.15, -0.1) is 0 Å². The van der Waals surface area contributed by atoms with E-state index in [2.05, 4.69) is 6.07 Å². The van der Waals surface area contributed by atoms with Gasteiger partial charge in [-0.05, 0) is 18.3 Å². The van der Waals surface area contributed by atoms with Gasteiger partial charge in [-0.25, -0.2) is 0 Å². The van der Waals surface area contributed by atoms with Crippen LogP contribution in [-0.2, 0) is 0 Å². The summed E-state index contributed by atoms with van der Waals surface area (Å²) in [5.41, 5.74) is 0.0698. The van der Waals surface area contributed by atoms with E-state index >= 15 is 0 Å². The van der Waals surface area contributed by atoms with Crippen LogP contribution in [-0.4, -0.2) is 11.7 Å². The molecule has 1 rings (SSSR count). The Morgan fingerprint density at radius 2 is 2.33 bits per heavy atom. The summed E-state index contributed by atoms with van der Waals surface area (Å²) in [6.45, 7) is 2.24. The largest absolute Gasteiger partial charge is 0.396 e. The van der Waals surface area contributed by atoms with Crippen molar-refractivity contribution in [3.63, 3.8) is 0 Å². The highest BCUT2D eigenvalue weighted by Gasteiger charge is 2.39. The Bertz CT molecular complexity index is 141. The summed E-state index contributed by atoms with van der Waals surface area (Å²) >= 11 is 0. The summed E-state index contributed by atoms with van der Waals surface area (Å²) in [5.74, 6) is 0.210. The predicted octanol–water partition coefficient (Wildman–Crippen LogP) is 0.919. The molecule has 0 aromatic carbocycles. The number of nitriles is 1. The Morgan fingerprint density at radius 1 is 1.78 bits per heavy atom. The molecule has 0 aromatic rings. The van der Waals surface area contributed by atoms with Gasteiger partial charge in [0.05, 0.1) is 6.07 Å². The number of aliphatic hydroxyl groups is 1. The van der Waals surface area contributed by atoms with Crippen molar-refractivity contribution in [1.29, 1.82) is 5.26 Å². The second-order valence-corrected chi connectivity index (χ2v) is 3.20. The minimum Gasteiger partial charge on any atom is -0.396 e. The fourth-order valence-electron chi connectivity index (χ4n) is 1.35. The summed E-state index contributed by atoms with van der Waals surface area (Å²) in [5, 5.41) is 17.1. The van der Waals surface area contributed by atoms with Crippen LogP contribution >= 0.6 is 0 Å². The fourth-order valence-corrected chi connectivity index (χ4v) is 1.35. The van der Waals surface area contributed by atoms with Gasteiger partial charge in [0.1, 0.15) is 0 Å². The lowest BCUT2D eigenvalue weighted by atomic mass is 9.64. The molecule has 0 aliphatic heterocycles. The molecule has 9 heavy (non-hydrogen) atoms. The predicted molar refractivity (Wildman–Crippen MR) is 33.5 cm³/mol. The zero-order valence-electron chi connectivity index (χ0n) is 5.59. The molecule has 0 unspecified atom stereocenters. The van der Waals surface area contributed by atoms with Crippen LogP contribution in [0.4, 0.5) is 0 Å². The SMILES string of the molecule is CC1(CO)CC(C#N)C1. The molecule has 0 spiro atoms. The average Bonchev–Trinajstić information content (AvgIpc) is 1.81. The first-order valence-electron chi connectivity index (χ1n) is 3.21. The van der Waals surface area contributed by atoms with Crippen molar-refractivity contribution in [1.82, 2.24) is 0 Å². The first-order valence-corrected chi connectivity index (χ1v) is 3.21. The van der Waals surface area contributed by atoms with Gasteiger partial charge in [0, 0.05) is 12.5 Å². The molecule has 1 aliphatic rings. The van der Waals surface area contributed by atoms with Gasteiger partial charge in [0.25, 0.3) is 0 Å². The maximum atomic E-state index is 8.75. The van der Waals surface area contributed by atoms with Crippen LogP contribution in [0.5, 0.6) is 0 Å². The Kier molecular flexibility index (Phi) is 1.46. The number of hydrogen-bond donors (Lipinski definition) is 1. The van der Waals surface area contributed by atoms with E-state index in [1.165, 1.54) is 0 Å². The van der Waals surface area contributed by atoms with Crippen molar-refractivity contribution in [2.75, 3.05) is 6.61 Å². The normalized spacial score (nSPS) is 41.2. The maximum absolute atomic E-state index is 8.75. The van der Waals surface area contributed by atoms with Crippen LogP contribution in [0.15, 0.2) is 0 Å². The second-order valence-electron chi connectivity index (χ2n) is 3.20. The Hall–Kier alpha value is -0.550. The molecule has 1 saturated carbocycles. The van der Waals surface area contributed by atoms with Crippen molar-refractivity contribution in [2.24, 2.45) is 11.3 Å². The van der Waals surface area contributed by atoms with Gasteiger partial charge in [0.2, 0.25) is 0 Å². The molecule has 50 valence electrons. The monoisotopic (exact) mass is 125 g/mol. The van der Waals surface area contributed by atoms with Gasteiger partial charge in [-0.1, -0.05) is 6.92 Å². The lowest BCUT2D eigenvalue weighted by molar-refractivity contribution is 0.0343. The molecular formula is C7H11NO. The Balaban J connectivity index is 2.34. The third-order valence-electron chi connectivity index (χ3n) is 2.04. The van der Waals surface area contributed by atoms with E-state index in [0.717, 1.165) is 12.8 Å². The van der Waals surface area contributed by atoms with Crippen molar-refractivity contribution < 1.29 is 5.11 Å². The molecule has 2 heteroatoms. The number of rotatable bonds is 1. The van der Waals surface area contributed by atoms with Gasteiger partial charge in [-0.2, -0.15) is 5.26 Å². The molecule has 0 heterocycles. The highest BCUT2D eigenvalue weighted by molar-refractivity contribution is 5.00. The van der Waals surface area contributed by atoms with E-state index in [1.807, 2.05) is 6.92 Å². The third kappa shape index (κ3) is 1.06. The molecule has 1 N–H and O–H groups in total. The minimum atomic E-state index is 0.0698. The van der Waals surface area contributed by atoms with Gasteiger partial charge < -0.3 is 5.11 Å². The summed E-state index contributed by atoms with van der Waals surface area (Å²) in [6, 6.07) is 2.18. The van der Waals surface area contributed by atoms with Gasteiger partial charge in [-0.3, -0.25) is 0 Å². The van der Waals surface area contributed by atoms with Gasteiger partial charge in [0.15, 0.2) is 0 Å². The van der Waals surface area contributed by atoms with Gasteiger partial charge >= 0.3 is 0 Å². The summed E-state index contributed by atoms with van der Waals surface area (Å²) in [7, 11) is 0. The standard InChI is InChI=1S/C7H11NO/c1-7(5-9)2-6(3-7)4-8/h6,9H,2-3,5H2,1H3. The van der Waals surface area contributed by atoms with Crippen molar-refractivity contribution in [2.45, 2.75) is 19.8 Å². The lowest BCUT2D eigenvalue weighted by Crippen LogP contribution is -2.36. The molecule has 1 aliphatic carbocycles. The Labute approximate surface area is 55.1 Å². The highest BCUT2D eigenvalue weighted by Crippen LogP contribution is 2.44. The zero-order chi connectivity index (χ0) is 6.91.